The fourth-order valence-electron chi connectivity index (χ4n) is 10.3. The van der Waals surface area contributed by atoms with Gasteiger partial charge in [0.25, 0.3) is 0 Å². The van der Waals surface area contributed by atoms with E-state index in [-0.39, 0.29) is 0 Å². The Morgan fingerprint density at radius 1 is 0.317 bits per heavy atom. The summed E-state index contributed by atoms with van der Waals surface area (Å²) in [5.41, 5.74) is 21.3. The quantitative estimate of drug-likeness (QED) is 0.151. The van der Waals surface area contributed by atoms with E-state index in [1.165, 1.54) is 78.1 Å². The second-order valence-electron chi connectivity index (χ2n) is 16.4. The van der Waals surface area contributed by atoms with Crippen molar-refractivity contribution in [2.24, 2.45) is 0 Å². The Balaban J connectivity index is 1.04. The lowest BCUT2D eigenvalue weighted by Crippen LogP contribution is -2.36. The van der Waals surface area contributed by atoms with Crippen LogP contribution in [-0.4, -0.2) is 0 Å². The zero-order valence-electron chi connectivity index (χ0n) is 34.6. The minimum absolute atomic E-state index is 0.570. The molecule has 1 atom stereocenters. The van der Waals surface area contributed by atoms with Crippen molar-refractivity contribution in [3.63, 3.8) is 0 Å². The van der Waals surface area contributed by atoms with Crippen LogP contribution in [0.5, 0.6) is 0 Å². The van der Waals surface area contributed by atoms with E-state index in [0.717, 1.165) is 22.7 Å². The molecule has 0 amide bonds. The Bertz CT molecular complexity index is 3240. The summed E-state index contributed by atoms with van der Waals surface area (Å²) in [6, 6.07) is 93.1. The van der Waals surface area contributed by atoms with Crippen molar-refractivity contribution in [3.8, 4) is 44.5 Å². The van der Waals surface area contributed by atoms with Crippen LogP contribution in [0, 0.1) is 0 Å². The highest BCUT2D eigenvalue weighted by atomic mass is 15.2. The number of hydrogen-bond acceptors (Lipinski definition) is 2. The predicted octanol–water partition coefficient (Wildman–Crippen LogP) is 16.3. The molecular weight excluding hydrogens is 761 g/mol. The van der Waals surface area contributed by atoms with E-state index in [1.54, 1.807) is 0 Å². The van der Waals surface area contributed by atoms with E-state index in [1.807, 2.05) is 0 Å². The molecule has 296 valence electrons. The van der Waals surface area contributed by atoms with Crippen molar-refractivity contribution < 1.29 is 0 Å². The van der Waals surface area contributed by atoms with E-state index in [9.17, 15) is 0 Å². The minimum Gasteiger partial charge on any atom is -0.311 e. The van der Waals surface area contributed by atoms with Crippen LogP contribution in [0.25, 0.3) is 44.5 Å². The first kappa shape index (κ1) is 36.6. The molecule has 1 heterocycles. The SMILES string of the molecule is c1ccc(-c2ccc(N(c3ccccc3)c3ccc(-c4ccc5c(c4)C4(c6ccccc6)c6ccccc6N(c6ccccc6)c6ccc(-c7ccccc7)c-5c64)cc3)cc2)cc1. The van der Waals surface area contributed by atoms with Crippen molar-refractivity contribution in [3.05, 3.63) is 277 Å². The lowest BCUT2D eigenvalue weighted by Gasteiger charge is -2.45. The highest BCUT2D eigenvalue weighted by molar-refractivity contribution is 6.04. The highest BCUT2D eigenvalue weighted by Gasteiger charge is 2.53. The van der Waals surface area contributed by atoms with Gasteiger partial charge in [-0.05, 0) is 128 Å². The maximum absolute atomic E-state index is 2.49. The Morgan fingerprint density at radius 3 is 1.44 bits per heavy atom. The summed E-state index contributed by atoms with van der Waals surface area (Å²) in [7, 11) is 0. The topological polar surface area (TPSA) is 6.48 Å². The van der Waals surface area contributed by atoms with Gasteiger partial charge in [0.2, 0.25) is 0 Å². The van der Waals surface area contributed by atoms with E-state index in [0.29, 0.717) is 0 Å². The fourth-order valence-corrected chi connectivity index (χ4v) is 10.3. The molecule has 1 unspecified atom stereocenters. The zero-order valence-corrected chi connectivity index (χ0v) is 34.6. The van der Waals surface area contributed by atoms with Gasteiger partial charge in [-0.2, -0.15) is 0 Å². The summed E-state index contributed by atoms with van der Waals surface area (Å²) >= 11 is 0. The fraction of sp³-hybridized carbons (Fsp3) is 0.0164. The molecule has 1 aliphatic carbocycles. The molecule has 10 aromatic rings. The zero-order chi connectivity index (χ0) is 41.7. The van der Waals surface area contributed by atoms with Crippen LogP contribution in [0.15, 0.2) is 255 Å². The number of anilines is 6. The summed E-state index contributed by atoms with van der Waals surface area (Å²) in [6.45, 7) is 0. The van der Waals surface area contributed by atoms with Gasteiger partial charge >= 0.3 is 0 Å². The van der Waals surface area contributed by atoms with Gasteiger partial charge in [0.1, 0.15) is 0 Å². The van der Waals surface area contributed by atoms with E-state index in [4.69, 9.17) is 0 Å². The lowest BCUT2D eigenvalue weighted by molar-refractivity contribution is 0.754. The van der Waals surface area contributed by atoms with Crippen LogP contribution in [0.1, 0.15) is 22.3 Å². The third-order valence-electron chi connectivity index (χ3n) is 13.1. The standard InChI is InChI=1S/C61H42N2/c1-6-18-43(19-7-1)44-30-35-51(36-31-44)62(49-24-12-4-13-25-49)52-37-32-45(33-38-52)47-34-39-54-56(42-47)61(48-22-10-3-11-23-48)55-28-16-17-29-57(55)63(50-26-14-5-15-27-50)58-41-40-53(59(54)60(58)61)46-20-8-2-9-21-46/h1-42H. The molecule has 0 saturated carbocycles. The highest BCUT2D eigenvalue weighted by Crippen LogP contribution is 2.66. The van der Waals surface area contributed by atoms with Crippen molar-refractivity contribution in [2.75, 3.05) is 9.80 Å². The molecule has 2 heteroatoms. The molecule has 0 radical (unpaired) electrons. The summed E-state index contributed by atoms with van der Waals surface area (Å²) < 4.78 is 0. The minimum atomic E-state index is -0.570. The van der Waals surface area contributed by atoms with Gasteiger partial charge in [-0.3, -0.25) is 0 Å². The second kappa shape index (κ2) is 15.1. The first-order valence-electron chi connectivity index (χ1n) is 21.8. The smallest absolute Gasteiger partial charge is 0.0754 e. The normalized spacial score (nSPS) is 14.4. The first-order valence-corrected chi connectivity index (χ1v) is 21.8. The number of nitrogens with zero attached hydrogens (tertiary/aromatic N) is 2. The van der Waals surface area contributed by atoms with Crippen LogP contribution in [0.2, 0.25) is 0 Å². The molecule has 0 saturated heterocycles. The summed E-state index contributed by atoms with van der Waals surface area (Å²) in [4.78, 5) is 4.82. The molecule has 0 bridgehead atoms. The molecule has 2 aliphatic rings. The molecule has 0 N–H and O–H groups in total. The molecule has 10 aromatic carbocycles. The molecular formula is C61H42N2. The van der Waals surface area contributed by atoms with Gasteiger partial charge in [-0.25, -0.2) is 0 Å². The third-order valence-corrected chi connectivity index (χ3v) is 13.1. The van der Waals surface area contributed by atoms with Crippen LogP contribution in [0.4, 0.5) is 34.1 Å². The Hall–Kier alpha value is -8.20. The van der Waals surface area contributed by atoms with Crippen LogP contribution in [0.3, 0.4) is 0 Å². The van der Waals surface area contributed by atoms with Gasteiger partial charge in [0, 0.05) is 28.3 Å². The molecule has 0 spiro atoms. The Labute approximate surface area is 369 Å². The van der Waals surface area contributed by atoms with Crippen LogP contribution in [-0.2, 0) is 5.41 Å². The lowest BCUT2D eigenvalue weighted by atomic mass is 9.64. The molecule has 2 nitrogen and oxygen atoms in total. The summed E-state index contributed by atoms with van der Waals surface area (Å²) in [5.74, 6) is 0. The first-order chi connectivity index (χ1) is 31.3. The van der Waals surface area contributed by atoms with Crippen molar-refractivity contribution in [1.29, 1.82) is 0 Å². The van der Waals surface area contributed by atoms with Gasteiger partial charge in [-0.1, -0.05) is 188 Å². The van der Waals surface area contributed by atoms with E-state index < -0.39 is 5.41 Å². The second-order valence-corrected chi connectivity index (χ2v) is 16.4. The number of rotatable bonds is 8. The van der Waals surface area contributed by atoms with Gasteiger partial charge < -0.3 is 9.80 Å². The molecule has 0 aromatic heterocycles. The van der Waals surface area contributed by atoms with Crippen molar-refractivity contribution in [1.82, 2.24) is 0 Å². The monoisotopic (exact) mass is 802 g/mol. The maximum atomic E-state index is 2.49. The van der Waals surface area contributed by atoms with Crippen molar-refractivity contribution in [2.45, 2.75) is 5.41 Å². The van der Waals surface area contributed by atoms with Crippen molar-refractivity contribution >= 4 is 34.1 Å². The Kier molecular flexibility index (Phi) is 8.76. The predicted molar refractivity (Wildman–Crippen MR) is 263 cm³/mol. The van der Waals surface area contributed by atoms with Crippen LogP contribution >= 0.6 is 0 Å². The third kappa shape index (κ3) is 5.87. The number of hydrogen-bond donors (Lipinski definition) is 0. The summed E-state index contributed by atoms with van der Waals surface area (Å²) in [5, 5.41) is 0. The molecule has 1 aliphatic heterocycles. The maximum Gasteiger partial charge on any atom is 0.0754 e. The number of benzene rings is 10. The van der Waals surface area contributed by atoms with E-state index in [2.05, 4.69) is 265 Å². The van der Waals surface area contributed by atoms with Gasteiger partial charge in [0.15, 0.2) is 0 Å². The average Bonchev–Trinajstić information content (AvgIpc) is 3.68. The largest absolute Gasteiger partial charge is 0.311 e. The molecule has 63 heavy (non-hydrogen) atoms. The molecule has 12 rings (SSSR count). The number of para-hydroxylation sites is 3. The van der Waals surface area contributed by atoms with Gasteiger partial charge in [-0.15, -0.1) is 0 Å². The summed E-state index contributed by atoms with van der Waals surface area (Å²) in [6.07, 6.45) is 0. The number of fused-ring (bicyclic) bond motifs is 5. The van der Waals surface area contributed by atoms with E-state index >= 15 is 0 Å². The average molecular weight is 803 g/mol. The van der Waals surface area contributed by atoms with Gasteiger partial charge in [0.05, 0.1) is 16.8 Å². The Morgan fingerprint density at radius 2 is 0.794 bits per heavy atom. The van der Waals surface area contributed by atoms with Crippen LogP contribution < -0.4 is 9.80 Å². The molecule has 0 fully saturated rings.